The van der Waals surface area contributed by atoms with E-state index in [1.807, 2.05) is 75.4 Å². The Labute approximate surface area is 196 Å². The van der Waals surface area contributed by atoms with E-state index in [0.717, 1.165) is 22.4 Å². The topological polar surface area (TPSA) is 52.0 Å². The summed E-state index contributed by atoms with van der Waals surface area (Å²) in [6, 6.07) is 17.4. The summed E-state index contributed by atoms with van der Waals surface area (Å²) in [5.41, 5.74) is 3.86. The van der Waals surface area contributed by atoms with Gasteiger partial charge in [0.1, 0.15) is 4.83 Å². The first kappa shape index (κ1) is 22.5. The second-order valence-electron chi connectivity index (χ2n) is 7.95. The molecule has 0 aliphatic rings. The van der Waals surface area contributed by atoms with E-state index in [2.05, 4.69) is 6.92 Å². The molecule has 1 unspecified atom stereocenters. The van der Waals surface area contributed by atoms with Crippen molar-refractivity contribution in [3.8, 4) is 0 Å². The number of benzene rings is 2. The second-order valence-corrected chi connectivity index (χ2v) is 10.3. The minimum absolute atomic E-state index is 0.0310. The van der Waals surface area contributed by atoms with Gasteiger partial charge in [-0.3, -0.25) is 14.2 Å². The number of Topliss-reactive ketones (excluding diaryl/α,β-unsaturated/α-hetero) is 1. The maximum Gasteiger partial charge on any atom is 0.263 e. The van der Waals surface area contributed by atoms with Gasteiger partial charge in [0.2, 0.25) is 0 Å². The van der Waals surface area contributed by atoms with Gasteiger partial charge in [0.05, 0.1) is 17.2 Å². The number of hydrogen-bond donors (Lipinski definition) is 0. The van der Waals surface area contributed by atoms with Crippen LogP contribution in [0.5, 0.6) is 0 Å². The molecule has 0 fully saturated rings. The van der Waals surface area contributed by atoms with Crippen LogP contribution in [0.4, 0.5) is 0 Å². The molecule has 4 aromatic rings. The Morgan fingerprint density at radius 1 is 1.09 bits per heavy atom. The molecule has 0 saturated carbocycles. The highest BCUT2D eigenvalue weighted by atomic mass is 32.2. The molecule has 4 rings (SSSR count). The molecule has 0 spiro atoms. The summed E-state index contributed by atoms with van der Waals surface area (Å²) in [5, 5.41) is 0.923. The van der Waals surface area contributed by atoms with E-state index in [1.165, 1.54) is 22.2 Å². The summed E-state index contributed by atoms with van der Waals surface area (Å²) >= 11 is 2.93. The van der Waals surface area contributed by atoms with Crippen LogP contribution in [0.15, 0.2) is 64.5 Å². The maximum atomic E-state index is 13.6. The van der Waals surface area contributed by atoms with Crippen LogP contribution < -0.4 is 5.56 Å². The molecule has 0 bridgehead atoms. The van der Waals surface area contributed by atoms with Gasteiger partial charge in [0, 0.05) is 10.4 Å². The first-order valence-corrected chi connectivity index (χ1v) is 12.4. The van der Waals surface area contributed by atoms with Crippen molar-refractivity contribution in [1.82, 2.24) is 9.55 Å². The second kappa shape index (κ2) is 9.43. The third-order valence-electron chi connectivity index (χ3n) is 5.61. The van der Waals surface area contributed by atoms with Gasteiger partial charge in [-0.05, 0) is 38.3 Å². The number of carbonyl (C=O) groups is 1. The lowest BCUT2D eigenvalue weighted by Gasteiger charge is -2.15. The molecule has 32 heavy (non-hydrogen) atoms. The summed E-state index contributed by atoms with van der Waals surface area (Å²) < 4.78 is 1.73. The molecule has 0 radical (unpaired) electrons. The third kappa shape index (κ3) is 4.43. The molecule has 164 valence electrons. The highest BCUT2D eigenvalue weighted by Crippen LogP contribution is 2.31. The van der Waals surface area contributed by atoms with E-state index in [9.17, 15) is 9.59 Å². The fourth-order valence-electron chi connectivity index (χ4n) is 3.74. The van der Waals surface area contributed by atoms with Crippen molar-refractivity contribution in [2.75, 3.05) is 0 Å². The number of thioether (sulfide) groups is 1. The summed E-state index contributed by atoms with van der Waals surface area (Å²) in [7, 11) is 0. The highest BCUT2D eigenvalue weighted by Gasteiger charge is 2.22. The van der Waals surface area contributed by atoms with E-state index in [4.69, 9.17) is 4.98 Å². The lowest BCUT2D eigenvalue weighted by atomic mass is 10.1. The summed E-state index contributed by atoms with van der Waals surface area (Å²) in [6.45, 7) is 8.45. The predicted octanol–water partition coefficient (Wildman–Crippen LogP) is 6.05. The third-order valence-corrected chi connectivity index (χ3v) is 8.03. The molecule has 2 aromatic heterocycles. The minimum atomic E-state index is -0.363. The number of hydrogen-bond acceptors (Lipinski definition) is 5. The largest absolute Gasteiger partial charge is 0.293 e. The van der Waals surface area contributed by atoms with Crippen molar-refractivity contribution in [2.45, 2.75) is 51.1 Å². The van der Waals surface area contributed by atoms with Gasteiger partial charge in [-0.15, -0.1) is 11.3 Å². The predicted molar refractivity (Wildman–Crippen MR) is 134 cm³/mol. The smallest absolute Gasteiger partial charge is 0.263 e. The number of thiophene rings is 1. The van der Waals surface area contributed by atoms with Crippen molar-refractivity contribution in [3.05, 3.63) is 92.1 Å². The van der Waals surface area contributed by atoms with Crippen molar-refractivity contribution < 1.29 is 4.79 Å². The molecular formula is C26H26N2O2S2. The number of aryl methyl sites for hydroxylation is 3. The van der Waals surface area contributed by atoms with Gasteiger partial charge < -0.3 is 0 Å². The van der Waals surface area contributed by atoms with E-state index >= 15 is 0 Å². The Hall–Kier alpha value is -2.70. The first-order valence-electron chi connectivity index (χ1n) is 10.7. The van der Waals surface area contributed by atoms with Crippen LogP contribution >= 0.6 is 23.1 Å². The molecule has 0 aliphatic carbocycles. The number of carbonyl (C=O) groups excluding carboxylic acids is 1. The molecule has 0 amide bonds. The van der Waals surface area contributed by atoms with Crippen LogP contribution in [0.3, 0.4) is 0 Å². The standard InChI is InChI=1S/C26H26N2O2S2/c1-5-21-17(3)22-24(32-21)27-26(31-18(4)23(29)20-9-7-6-8-10-20)28(25(22)30)15-19-13-11-16(2)12-14-19/h6-14,18H,5,15H2,1-4H3. The Balaban J connectivity index is 1.79. The van der Waals surface area contributed by atoms with Gasteiger partial charge in [0.15, 0.2) is 10.9 Å². The fraction of sp³-hybridized carbons (Fsp3) is 0.269. The summed E-state index contributed by atoms with van der Waals surface area (Å²) in [6.07, 6.45) is 0.871. The van der Waals surface area contributed by atoms with Crippen LogP contribution in [0.2, 0.25) is 0 Å². The van der Waals surface area contributed by atoms with Crippen molar-refractivity contribution >= 4 is 39.1 Å². The maximum absolute atomic E-state index is 13.6. The SMILES string of the molecule is CCc1sc2nc(SC(C)C(=O)c3ccccc3)n(Cc3ccc(C)cc3)c(=O)c2c1C. The van der Waals surface area contributed by atoms with Gasteiger partial charge in [-0.2, -0.15) is 0 Å². The Kier molecular flexibility index (Phi) is 6.63. The van der Waals surface area contributed by atoms with Crippen LogP contribution in [0.25, 0.3) is 10.2 Å². The number of ketones is 1. The Morgan fingerprint density at radius 3 is 2.44 bits per heavy atom. The van der Waals surface area contributed by atoms with E-state index < -0.39 is 0 Å². The minimum Gasteiger partial charge on any atom is -0.293 e. The fourth-order valence-corrected chi connectivity index (χ4v) is 5.88. The van der Waals surface area contributed by atoms with E-state index in [-0.39, 0.29) is 16.6 Å². The zero-order valence-electron chi connectivity index (χ0n) is 18.7. The van der Waals surface area contributed by atoms with Crippen LogP contribution in [0, 0.1) is 13.8 Å². The molecule has 0 saturated heterocycles. The zero-order chi connectivity index (χ0) is 22.8. The van der Waals surface area contributed by atoms with E-state index in [1.54, 1.807) is 15.9 Å². The number of rotatable bonds is 7. The zero-order valence-corrected chi connectivity index (χ0v) is 20.3. The highest BCUT2D eigenvalue weighted by molar-refractivity contribution is 8.00. The van der Waals surface area contributed by atoms with Gasteiger partial charge in [-0.1, -0.05) is 78.8 Å². The van der Waals surface area contributed by atoms with Gasteiger partial charge >= 0.3 is 0 Å². The van der Waals surface area contributed by atoms with E-state index in [0.29, 0.717) is 22.7 Å². The van der Waals surface area contributed by atoms with Crippen molar-refractivity contribution in [2.24, 2.45) is 0 Å². The van der Waals surface area contributed by atoms with Gasteiger partial charge in [0.25, 0.3) is 5.56 Å². The lowest BCUT2D eigenvalue weighted by molar-refractivity contribution is 0.0994. The van der Waals surface area contributed by atoms with Crippen molar-refractivity contribution in [3.63, 3.8) is 0 Å². The van der Waals surface area contributed by atoms with Gasteiger partial charge in [-0.25, -0.2) is 4.98 Å². The molecule has 0 aliphatic heterocycles. The molecule has 1 atom stereocenters. The Morgan fingerprint density at radius 2 is 1.78 bits per heavy atom. The van der Waals surface area contributed by atoms with Crippen LogP contribution in [-0.4, -0.2) is 20.6 Å². The summed E-state index contributed by atoms with van der Waals surface area (Å²) in [4.78, 5) is 33.4. The van der Waals surface area contributed by atoms with Crippen LogP contribution in [-0.2, 0) is 13.0 Å². The molecule has 0 N–H and O–H groups in total. The number of aromatic nitrogens is 2. The number of fused-ring (bicyclic) bond motifs is 1. The molecule has 2 heterocycles. The first-order chi connectivity index (χ1) is 15.4. The van der Waals surface area contributed by atoms with Crippen molar-refractivity contribution in [1.29, 1.82) is 0 Å². The Bertz CT molecular complexity index is 1320. The monoisotopic (exact) mass is 462 g/mol. The molecular weight excluding hydrogens is 436 g/mol. The molecule has 6 heteroatoms. The summed E-state index contributed by atoms with van der Waals surface area (Å²) in [5.74, 6) is 0.0310. The average molecular weight is 463 g/mol. The number of nitrogens with zero attached hydrogens (tertiary/aromatic N) is 2. The van der Waals surface area contributed by atoms with Crippen LogP contribution in [0.1, 0.15) is 45.8 Å². The normalized spacial score (nSPS) is 12.2. The molecule has 4 nitrogen and oxygen atoms in total. The average Bonchev–Trinajstić information content (AvgIpc) is 3.13. The lowest BCUT2D eigenvalue weighted by Crippen LogP contribution is -2.25. The molecule has 2 aromatic carbocycles. The quantitative estimate of drug-likeness (QED) is 0.191.